The zero-order chi connectivity index (χ0) is 18.4. The molecule has 12 heteroatoms. The SMILES string of the molecule is C=CCn1nnnc1SCC(=O)Nc1ccc(S(=O)(=O)C(F)F)cc1. The number of halogens is 2. The van der Waals surface area contributed by atoms with Crippen LogP contribution in [-0.2, 0) is 21.2 Å². The van der Waals surface area contributed by atoms with Crippen molar-refractivity contribution in [3.8, 4) is 0 Å². The van der Waals surface area contributed by atoms with Gasteiger partial charge in [0, 0.05) is 5.69 Å². The summed E-state index contributed by atoms with van der Waals surface area (Å²) in [5, 5.41) is 14.0. The van der Waals surface area contributed by atoms with Crippen molar-refractivity contribution in [3.05, 3.63) is 36.9 Å². The van der Waals surface area contributed by atoms with Gasteiger partial charge in [0.1, 0.15) is 0 Å². The van der Waals surface area contributed by atoms with Crippen LogP contribution in [0.4, 0.5) is 14.5 Å². The maximum absolute atomic E-state index is 12.4. The molecule has 0 bridgehead atoms. The molecule has 0 unspecified atom stereocenters. The van der Waals surface area contributed by atoms with Crippen LogP contribution < -0.4 is 5.32 Å². The molecule has 1 amide bonds. The number of thioether (sulfide) groups is 1. The number of nitrogens with zero attached hydrogens (tertiary/aromatic N) is 4. The predicted octanol–water partition coefficient (Wildman–Crippen LogP) is 1.59. The molecule has 8 nitrogen and oxygen atoms in total. The van der Waals surface area contributed by atoms with Gasteiger partial charge in [0.2, 0.25) is 20.9 Å². The molecule has 0 fully saturated rings. The number of sulfone groups is 1. The predicted molar refractivity (Wildman–Crippen MR) is 87.0 cm³/mol. The van der Waals surface area contributed by atoms with E-state index in [1.807, 2.05) is 0 Å². The van der Waals surface area contributed by atoms with Gasteiger partial charge in [-0.05, 0) is 34.7 Å². The number of hydrogen-bond acceptors (Lipinski definition) is 7. The first kappa shape index (κ1) is 19.0. The molecule has 0 aliphatic carbocycles. The van der Waals surface area contributed by atoms with E-state index in [-0.39, 0.29) is 17.3 Å². The molecule has 0 saturated carbocycles. The summed E-state index contributed by atoms with van der Waals surface area (Å²) in [7, 11) is -4.66. The maximum Gasteiger partial charge on any atom is 0.341 e. The quantitative estimate of drug-likeness (QED) is 0.540. The van der Waals surface area contributed by atoms with Gasteiger partial charge in [-0.3, -0.25) is 4.79 Å². The lowest BCUT2D eigenvalue weighted by Crippen LogP contribution is -2.15. The van der Waals surface area contributed by atoms with E-state index in [2.05, 4.69) is 27.4 Å². The lowest BCUT2D eigenvalue weighted by Gasteiger charge is -2.07. The van der Waals surface area contributed by atoms with Crippen LogP contribution in [0, 0.1) is 0 Å². The fraction of sp³-hybridized carbons (Fsp3) is 0.231. The Morgan fingerprint density at radius 1 is 1.36 bits per heavy atom. The molecule has 0 aliphatic rings. The van der Waals surface area contributed by atoms with Crippen molar-refractivity contribution in [1.29, 1.82) is 0 Å². The van der Waals surface area contributed by atoms with Gasteiger partial charge in [0.05, 0.1) is 17.2 Å². The Kier molecular flexibility index (Phi) is 6.20. The van der Waals surface area contributed by atoms with E-state index in [1.54, 1.807) is 6.08 Å². The van der Waals surface area contributed by atoms with Crippen molar-refractivity contribution in [2.45, 2.75) is 22.4 Å². The molecule has 1 heterocycles. The van der Waals surface area contributed by atoms with Gasteiger partial charge in [-0.15, -0.1) is 11.7 Å². The molecule has 2 rings (SSSR count). The Morgan fingerprint density at radius 2 is 2.04 bits per heavy atom. The third-order valence-corrected chi connectivity index (χ3v) is 5.19. The summed E-state index contributed by atoms with van der Waals surface area (Å²) < 4.78 is 49.0. The van der Waals surface area contributed by atoms with Crippen LogP contribution >= 0.6 is 11.8 Å². The summed E-state index contributed by atoms with van der Waals surface area (Å²) in [4.78, 5) is 11.4. The summed E-state index contributed by atoms with van der Waals surface area (Å²) in [5.41, 5.74) is 0.282. The second kappa shape index (κ2) is 8.16. The highest BCUT2D eigenvalue weighted by Gasteiger charge is 2.26. The Hall–Kier alpha value is -2.34. The first-order valence-electron chi connectivity index (χ1n) is 6.76. The van der Waals surface area contributed by atoms with Crippen LogP contribution in [-0.4, -0.2) is 46.0 Å². The number of tetrazole rings is 1. The van der Waals surface area contributed by atoms with Gasteiger partial charge in [-0.1, -0.05) is 17.8 Å². The highest BCUT2D eigenvalue weighted by atomic mass is 32.2. The summed E-state index contributed by atoms with van der Waals surface area (Å²) in [6, 6.07) is 4.49. The molecular formula is C13H13F2N5O3S2. The number of amides is 1. The van der Waals surface area contributed by atoms with Gasteiger partial charge < -0.3 is 5.32 Å². The standard InChI is InChI=1S/C13H13F2N5O3S2/c1-2-7-20-13(17-18-19-20)24-8-11(21)16-9-3-5-10(6-4-9)25(22,23)12(14)15/h2-6,12H,1,7-8H2,(H,16,21). The molecule has 0 spiro atoms. The Bertz CT molecular complexity index is 853. The molecule has 0 radical (unpaired) electrons. The largest absolute Gasteiger partial charge is 0.341 e. The molecule has 25 heavy (non-hydrogen) atoms. The second-order valence-corrected chi connectivity index (χ2v) is 7.46. The number of allylic oxidation sites excluding steroid dienone is 1. The van der Waals surface area contributed by atoms with Gasteiger partial charge in [0.15, 0.2) is 0 Å². The van der Waals surface area contributed by atoms with E-state index in [1.165, 1.54) is 16.8 Å². The number of aromatic nitrogens is 4. The summed E-state index contributed by atoms with van der Waals surface area (Å²) in [5.74, 6) is -3.87. The third kappa shape index (κ3) is 4.82. The fourth-order valence-electron chi connectivity index (χ4n) is 1.69. The van der Waals surface area contributed by atoms with Crippen LogP contribution in [0.25, 0.3) is 0 Å². The fourth-order valence-corrected chi connectivity index (χ4v) is 3.10. The minimum absolute atomic E-state index is 0.00853. The molecule has 1 aromatic carbocycles. The highest BCUT2D eigenvalue weighted by Crippen LogP contribution is 2.20. The molecule has 2 aromatic rings. The Labute approximate surface area is 146 Å². The number of benzene rings is 1. The van der Waals surface area contributed by atoms with Crippen molar-refractivity contribution in [2.24, 2.45) is 0 Å². The Balaban J connectivity index is 1.94. The van der Waals surface area contributed by atoms with E-state index in [0.29, 0.717) is 11.7 Å². The van der Waals surface area contributed by atoms with Gasteiger partial charge in [-0.25, -0.2) is 13.1 Å². The number of anilines is 1. The third-order valence-electron chi connectivity index (χ3n) is 2.83. The van der Waals surface area contributed by atoms with E-state index in [4.69, 9.17) is 0 Å². The average molecular weight is 389 g/mol. The van der Waals surface area contributed by atoms with Crippen LogP contribution in [0.2, 0.25) is 0 Å². The highest BCUT2D eigenvalue weighted by molar-refractivity contribution is 7.99. The molecule has 0 saturated heterocycles. The summed E-state index contributed by atoms with van der Waals surface area (Å²) in [6.45, 7) is 3.97. The molecule has 1 aromatic heterocycles. The number of carbonyl (C=O) groups excluding carboxylic acids is 1. The van der Waals surface area contributed by atoms with E-state index in [9.17, 15) is 22.0 Å². The zero-order valence-electron chi connectivity index (χ0n) is 12.7. The summed E-state index contributed by atoms with van der Waals surface area (Å²) in [6.07, 6.45) is 1.61. The van der Waals surface area contributed by atoms with E-state index < -0.39 is 20.5 Å². The van der Waals surface area contributed by atoms with Crippen molar-refractivity contribution < 1.29 is 22.0 Å². The topological polar surface area (TPSA) is 107 Å². The molecule has 134 valence electrons. The van der Waals surface area contributed by atoms with Gasteiger partial charge in [-0.2, -0.15) is 8.78 Å². The van der Waals surface area contributed by atoms with Crippen LogP contribution in [0.15, 0.2) is 47.0 Å². The number of rotatable bonds is 8. The van der Waals surface area contributed by atoms with Crippen molar-refractivity contribution >= 4 is 33.2 Å². The zero-order valence-corrected chi connectivity index (χ0v) is 14.3. The summed E-state index contributed by atoms with van der Waals surface area (Å²) >= 11 is 1.10. The van der Waals surface area contributed by atoms with E-state index >= 15 is 0 Å². The monoisotopic (exact) mass is 389 g/mol. The lowest BCUT2D eigenvalue weighted by molar-refractivity contribution is -0.113. The van der Waals surface area contributed by atoms with Crippen LogP contribution in [0.3, 0.4) is 0 Å². The number of carbonyl (C=O) groups is 1. The number of nitrogens with one attached hydrogen (secondary N) is 1. The maximum atomic E-state index is 12.4. The van der Waals surface area contributed by atoms with Gasteiger partial charge in [0.25, 0.3) is 0 Å². The normalized spacial score (nSPS) is 11.5. The first-order chi connectivity index (χ1) is 11.8. The number of hydrogen-bond donors (Lipinski definition) is 1. The molecule has 1 N–H and O–H groups in total. The van der Waals surface area contributed by atoms with Crippen LogP contribution in [0.1, 0.15) is 0 Å². The number of alkyl halides is 2. The van der Waals surface area contributed by atoms with Crippen molar-refractivity contribution in [3.63, 3.8) is 0 Å². The minimum Gasteiger partial charge on any atom is -0.325 e. The Morgan fingerprint density at radius 3 is 2.64 bits per heavy atom. The lowest BCUT2D eigenvalue weighted by atomic mass is 10.3. The first-order valence-corrected chi connectivity index (χ1v) is 9.29. The minimum atomic E-state index is -4.66. The van der Waals surface area contributed by atoms with Crippen LogP contribution in [0.5, 0.6) is 0 Å². The van der Waals surface area contributed by atoms with Crippen molar-refractivity contribution in [1.82, 2.24) is 20.2 Å². The smallest absolute Gasteiger partial charge is 0.325 e. The van der Waals surface area contributed by atoms with Gasteiger partial charge >= 0.3 is 5.76 Å². The average Bonchev–Trinajstić information content (AvgIpc) is 3.01. The van der Waals surface area contributed by atoms with E-state index in [0.717, 1.165) is 23.9 Å². The second-order valence-electron chi connectivity index (χ2n) is 4.60. The molecule has 0 aliphatic heterocycles. The molecule has 0 atom stereocenters. The molecular weight excluding hydrogens is 376 g/mol. The van der Waals surface area contributed by atoms with Crippen molar-refractivity contribution in [2.75, 3.05) is 11.1 Å².